The number of anilines is 1. The summed E-state index contributed by atoms with van der Waals surface area (Å²) in [6.07, 6.45) is 0.344. The Hall–Kier alpha value is -2.19. The molecule has 0 aliphatic rings. The summed E-state index contributed by atoms with van der Waals surface area (Å²) in [6.45, 7) is 5.12. The Kier molecular flexibility index (Phi) is 5.10. The highest BCUT2D eigenvalue weighted by Gasteiger charge is 2.17. The van der Waals surface area contributed by atoms with Gasteiger partial charge in [0.2, 0.25) is 0 Å². The molecule has 130 valence electrons. The van der Waals surface area contributed by atoms with E-state index < -0.39 is 21.8 Å². The number of pyridine rings is 1. The number of carbonyl (C=O) groups is 1. The molecular formula is C16H20N2O5S. The summed E-state index contributed by atoms with van der Waals surface area (Å²) in [5, 5.41) is 3.30. The molecule has 1 amide bonds. The molecule has 0 aliphatic carbocycles. The van der Waals surface area contributed by atoms with Crippen molar-refractivity contribution in [1.82, 2.24) is 4.98 Å². The molecule has 7 nitrogen and oxygen atoms in total. The van der Waals surface area contributed by atoms with Crippen LogP contribution in [0, 0.1) is 0 Å². The summed E-state index contributed by atoms with van der Waals surface area (Å²) in [5.41, 5.74) is 0.568. The van der Waals surface area contributed by atoms with E-state index in [1.807, 2.05) is 6.07 Å². The van der Waals surface area contributed by atoms with Gasteiger partial charge in [0.05, 0.1) is 18.4 Å². The van der Waals surface area contributed by atoms with Crippen molar-refractivity contribution >= 4 is 32.9 Å². The van der Waals surface area contributed by atoms with Gasteiger partial charge < -0.3 is 4.74 Å². The van der Waals surface area contributed by atoms with Crippen molar-refractivity contribution < 1.29 is 22.1 Å². The lowest BCUT2D eigenvalue weighted by molar-refractivity contribution is 0.0635. The van der Waals surface area contributed by atoms with E-state index in [0.29, 0.717) is 11.1 Å². The zero-order valence-corrected chi connectivity index (χ0v) is 14.8. The number of benzene rings is 1. The van der Waals surface area contributed by atoms with Gasteiger partial charge in [-0.25, -0.2) is 9.78 Å². The summed E-state index contributed by atoms with van der Waals surface area (Å²) in [6, 6.07) is 8.75. The monoisotopic (exact) mass is 352 g/mol. The Morgan fingerprint density at radius 2 is 1.92 bits per heavy atom. The maximum absolute atomic E-state index is 11.9. The van der Waals surface area contributed by atoms with Crippen molar-refractivity contribution in [2.45, 2.75) is 33.0 Å². The number of para-hydroxylation sites is 1. The first-order chi connectivity index (χ1) is 11.0. The van der Waals surface area contributed by atoms with E-state index in [2.05, 4.69) is 10.3 Å². The molecule has 0 saturated heterocycles. The second kappa shape index (κ2) is 6.74. The minimum absolute atomic E-state index is 0.148. The Balaban J connectivity index is 2.33. The van der Waals surface area contributed by atoms with Gasteiger partial charge >= 0.3 is 6.09 Å². The number of nitrogens with zero attached hydrogens (tertiary/aromatic N) is 1. The number of carbonyl (C=O) groups excluding carboxylic acids is 1. The van der Waals surface area contributed by atoms with Gasteiger partial charge in [0, 0.05) is 5.39 Å². The molecule has 2 aromatic rings. The fourth-order valence-corrected chi connectivity index (χ4v) is 2.35. The number of rotatable bonds is 4. The first kappa shape index (κ1) is 18.2. The van der Waals surface area contributed by atoms with Gasteiger partial charge in [-0.3, -0.25) is 9.50 Å². The lowest BCUT2D eigenvalue weighted by Gasteiger charge is -2.19. The molecule has 1 aromatic heterocycles. The number of amides is 1. The Labute approximate surface area is 141 Å². The second-order valence-corrected chi connectivity index (χ2v) is 7.92. The van der Waals surface area contributed by atoms with Gasteiger partial charge in [-0.15, -0.1) is 0 Å². The molecule has 0 aliphatic heterocycles. The molecule has 1 aromatic carbocycles. The molecule has 8 heteroatoms. The minimum Gasteiger partial charge on any atom is -0.444 e. The third-order valence-corrected chi connectivity index (χ3v) is 3.41. The summed E-state index contributed by atoms with van der Waals surface area (Å²) >= 11 is 0. The molecule has 0 fully saturated rings. The Morgan fingerprint density at radius 1 is 1.25 bits per heavy atom. The van der Waals surface area contributed by atoms with E-state index in [0.717, 1.165) is 11.6 Å². The summed E-state index contributed by atoms with van der Waals surface area (Å²) < 4.78 is 32.5. The van der Waals surface area contributed by atoms with Gasteiger partial charge in [0.15, 0.2) is 0 Å². The molecule has 1 heterocycles. The summed E-state index contributed by atoms with van der Waals surface area (Å²) in [7, 11) is -3.58. The quantitative estimate of drug-likeness (QED) is 0.850. The minimum atomic E-state index is -3.58. The van der Waals surface area contributed by atoms with E-state index in [1.54, 1.807) is 45.0 Å². The predicted octanol–water partition coefficient (Wildman–Crippen LogP) is 3.06. The van der Waals surface area contributed by atoms with E-state index >= 15 is 0 Å². The molecule has 0 spiro atoms. The second-order valence-electron chi connectivity index (χ2n) is 6.28. The summed E-state index contributed by atoms with van der Waals surface area (Å²) in [5.74, 6) is 0.259. The molecule has 0 radical (unpaired) electrons. The smallest absolute Gasteiger partial charge is 0.413 e. The predicted molar refractivity (Wildman–Crippen MR) is 91.2 cm³/mol. The number of hydrogen-bond acceptors (Lipinski definition) is 6. The molecule has 0 saturated carbocycles. The van der Waals surface area contributed by atoms with E-state index in [4.69, 9.17) is 8.92 Å². The van der Waals surface area contributed by atoms with Crippen LogP contribution in [0.5, 0.6) is 0 Å². The van der Waals surface area contributed by atoms with Gasteiger partial charge in [0.1, 0.15) is 11.4 Å². The van der Waals surface area contributed by atoms with Crippen molar-refractivity contribution in [3.8, 4) is 0 Å². The average Bonchev–Trinajstić information content (AvgIpc) is 2.41. The molecule has 1 N–H and O–H groups in total. The summed E-state index contributed by atoms with van der Waals surface area (Å²) in [4.78, 5) is 16.2. The normalized spacial score (nSPS) is 12.2. The fourth-order valence-electron chi connectivity index (χ4n) is 2.01. The zero-order valence-electron chi connectivity index (χ0n) is 14.0. The molecule has 0 bridgehead atoms. The first-order valence-electron chi connectivity index (χ1n) is 7.26. The first-order valence-corrected chi connectivity index (χ1v) is 9.08. The van der Waals surface area contributed by atoms with E-state index in [1.165, 1.54) is 0 Å². The average molecular weight is 352 g/mol. The maximum Gasteiger partial charge on any atom is 0.413 e. The van der Waals surface area contributed by atoms with Crippen LogP contribution >= 0.6 is 0 Å². The van der Waals surface area contributed by atoms with Crippen LogP contribution in [0.15, 0.2) is 30.3 Å². The number of nitrogens with one attached hydrogen (secondary N) is 1. The number of ether oxygens (including phenoxy) is 1. The molecule has 0 unspecified atom stereocenters. The lowest BCUT2D eigenvalue weighted by Crippen LogP contribution is -2.27. The Morgan fingerprint density at radius 3 is 2.54 bits per heavy atom. The molecular weight excluding hydrogens is 332 g/mol. The van der Waals surface area contributed by atoms with Crippen LogP contribution < -0.4 is 5.32 Å². The largest absolute Gasteiger partial charge is 0.444 e. The van der Waals surface area contributed by atoms with Crippen molar-refractivity contribution in [3.63, 3.8) is 0 Å². The van der Waals surface area contributed by atoms with Crippen LogP contribution in [0.25, 0.3) is 10.9 Å². The van der Waals surface area contributed by atoms with E-state index in [9.17, 15) is 13.2 Å². The van der Waals surface area contributed by atoms with Crippen molar-refractivity contribution in [3.05, 3.63) is 35.9 Å². The lowest BCUT2D eigenvalue weighted by atomic mass is 10.1. The van der Waals surface area contributed by atoms with Crippen LogP contribution in [-0.2, 0) is 25.6 Å². The zero-order chi connectivity index (χ0) is 18.0. The fraction of sp³-hybridized carbons (Fsp3) is 0.375. The molecule has 24 heavy (non-hydrogen) atoms. The maximum atomic E-state index is 11.9. The molecule has 0 atom stereocenters. The molecule has 2 rings (SSSR count). The van der Waals surface area contributed by atoms with Crippen LogP contribution in [0.2, 0.25) is 0 Å². The van der Waals surface area contributed by atoms with Gasteiger partial charge in [-0.1, -0.05) is 18.2 Å². The van der Waals surface area contributed by atoms with Crippen molar-refractivity contribution in [2.75, 3.05) is 11.6 Å². The van der Waals surface area contributed by atoms with E-state index in [-0.39, 0.29) is 12.4 Å². The van der Waals surface area contributed by atoms with Crippen LogP contribution in [0.4, 0.5) is 10.6 Å². The number of aromatic nitrogens is 1. The van der Waals surface area contributed by atoms with Crippen molar-refractivity contribution in [2.24, 2.45) is 0 Å². The third-order valence-electron chi connectivity index (χ3n) is 2.86. The Bertz CT molecular complexity index is 856. The highest BCUT2D eigenvalue weighted by molar-refractivity contribution is 7.85. The standard InChI is InChI=1S/C16H20N2O5S/c1-16(2,3)23-15(19)18-14-9-11(10-22-24(4,20)21)12-7-5-6-8-13(12)17-14/h5-9H,10H2,1-4H3,(H,17,18,19). The van der Waals surface area contributed by atoms with Gasteiger partial charge in [-0.2, -0.15) is 8.42 Å². The highest BCUT2D eigenvalue weighted by atomic mass is 32.2. The van der Waals surface area contributed by atoms with Crippen LogP contribution in [0.1, 0.15) is 26.3 Å². The van der Waals surface area contributed by atoms with Crippen LogP contribution in [0.3, 0.4) is 0 Å². The van der Waals surface area contributed by atoms with Crippen molar-refractivity contribution in [1.29, 1.82) is 0 Å². The topological polar surface area (TPSA) is 94.6 Å². The van der Waals surface area contributed by atoms with Crippen LogP contribution in [-0.4, -0.2) is 31.4 Å². The number of hydrogen-bond donors (Lipinski definition) is 1. The van der Waals surface area contributed by atoms with Gasteiger partial charge in [-0.05, 0) is 38.5 Å². The number of fused-ring (bicyclic) bond motifs is 1. The SMILES string of the molecule is CC(C)(C)OC(=O)Nc1cc(COS(C)(=O)=O)c2ccccc2n1. The third kappa shape index (κ3) is 5.47. The highest BCUT2D eigenvalue weighted by Crippen LogP contribution is 2.22. The van der Waals surface area contributed by atoms with Gasteiger partial charge in [0.25, 0.3) is 10.1 Å².